The van der Waals surface area contributed by atoms with Crippen LogP contribution >= 0.6 is 21.6 Å². The van der Waals surface area contributed by atoms with Gasteiger partial charge >= 0.3 is 17.9 Å². The minimum Gasteiger partial charge on any atom is -0.481 e. The number of amides is 13. The number of aliphatic hydroxyl groups is 1. The number of aliphatic carboxylic acids is 3. The second kappa shape index (κ2) is 42.9. The maximum absolute atomic E-state index is 15.0. The molecule has 0 spiro atoms. The first-order chi connectivity index (χ1) is 51.0. The lowest BCUT2D eigenvalue weighted by Crippen LogP contribution is -2.61. The molecule has 0 unspecified atom stereocenters. The second-order valence-electron chi connectivity index (χ2n) is 27.4. The van der Waals surface area contributed by atoms with E-state index in [1.165, 1.54) is 6.92 Å². The Hall–Kier alpha value is -10.3. The zero-order chi connectivity index (χ0) is 80.2. The number of nitrogens with one attached hydrogen (secondary N) is 16. The van der Waals surface area contributed by atoms with Crippen molar-refractivity contribution in [2.75, 3.05) is 31.6 Å². The molecule has 20 N–H and O–H groups in total. The Morgan fingerprint density at radius 2 is 1.04 bits per heavy atom. The first kappa shape index (κ1) is 88.3. The van der Waals surface area contributed by atoms with Gasteiger partial charge in [0.25, 0.3) is 0 Å². The van der Waals surface area contributed by atoms with E-state index in [2.05, 4.69) is 84.4 Å². The first-order valence-electron chi connectivity index (χ1n) is 35.2. The van der Waals surface area contributed by atoms with E-state index in [-0.39, 0.29) is 50.5 Å². The van der Waals surface area contributed by atoms with Gasteiger partial charge in [0.2, 0.25) is 76.8 Å². The number of benzene rings is 2. The lowest BCUT2D eigenvalue weighted by Gasteiger charge is -2.29. The highest BCUT2D eigenvalue weighted by atomic mass is 33.1. The third-order valence-corrected chi connectivity index (χ3v) is 19.5. The highest BCUT2D eigenvalue weighted by Gasteiger charge is 2.39. The summed E-state index contributed by atoms with van der Waals surface area (Å²) in [6.45, 7) is 12.6. The van der Waals surface area contributed by atoms with E-state index in [0.717, 1.165) is 35.4 Å². The molecule has 0 radical (unpaired) electrons. The van der Waals surface area contributed by atoms with E-state index >= 15 is 4.79 Å². The fraction of sp³-hybridized carbons (Fsp3) is 0.543. The number of carboxylic acid groups (broad SMARTS) is 3. The number of carbonyl (C=O) groups excluding carboxylic acids is 13. The summed E-state index contributed by atoms with van der Waals surface area (Å²) in [6.07, 6.45) is -1.54. The predicted molar refractivity (Wildman–Crippen MR) is 397 cm³/mol. The van der Waals surface area contributed by atoms with Crippen molar-refractivity contribution < 1.29 is 97.1 Å². The summed E-state index contributed by atoms with van der Waals surface area (Å²) >= 11 is 0. The topological polar surface area (TPSA) is 554 Å². The zero-order valence-corrected chi connectivity index (χ0v) is 63.3. The van der Waals surface area contributed by atoms with Gasteiger partial charge in [-0.1, -0.05) is 99.5 Å². The van der Waals surface area contributed by atoms with E-state index in [0.29, 0.717) is 32.9 Å². The van der Waals surface area contributed by atoms with Gasteiger partial charge in [-0.05, 0) is 94.1 Å². The Morgan fingerprint density at radius 1 is 0.546 bits per heavy atom. The monoisotopic (exact) mass is 1550 g/mol. The molecule has 108 heavy (non-hydrogen) atoms. The van der Waals surface area contributed by atoms with Crippen molar-refractivity contribution in [1.82, 2.24) is 84.4 Å². The number of hydrogen-bond acceptors (Lipinski definition) is 20. The van der Waals surface area contributed by atoms with Crippen LogP contribution in [0.4, 0.5) is 0 Å². The minimum absolute atomic E-state index is 0.0283. The summed E-state index contributed by atoms with van der Waals surface area (Å²) in [7, 11) is 3.07. The van der Waals surface area contributed by atoms with Gasteiger partial charge in [0.1, 0.15) is 66.5 Å². The predicted octanol–water partition coefficient (Wildman–Crippen LogP) is -2.03. The van der Waals surface area contributed by atoms with Crippen molar-refractivity contribution in [1.29, 1.82) is 0 Å². The zero-order valence-electron chi connectivity index (χ0n) is 61.6. The second-order valence-corrected chi connectivity index (χ2v) is 30.0. The van der Waals surface area contributed by atoms with Crippen LogP contribution in [-0.4, -0.2) is 235 Å². The van der Waals surface area contributed by atoms with Crippen molar-refractivity contribution in [3.8, 4) is 0 Å². The number of carboxylic acids is 3. The molecule has 2 aromatic carbocycles. The molecule has 1 fully saturated rings. The number of fused-ring (bicyclic) bond motifs is 2. The molecule has 0 saturated carbocycles. The molecule has 38 heteroatoms. The molecule has 0 bridgehead atoms. The Kier molecular flexibility index (Phi) is 35.0. The fourth-order valence-corrected chi connectivity index (χ4v) is 13.8. The van der Waals surface area contributed by atoms with Crippen LogP contribution in [0.3, 0.4) is 0 Å². The van der Waals surface area contributed by atoms with Crippen LogP contribution < -0.4 is 74.4 Å². The van der Waals surface area contributed by atoms with E-state index < -0.39 is 217 Å². The Balaban J connectivity index is 1.65. The van der Waals surface area contributed by atoms with Crippen LogP contribution in [0.25, 0.3) is 21.8 Å². The number of aromatic amines is 2. The molecule has 3 heterocycles. The molecule has 13 atom stereocenters. The van der Waals surface area contributed by atoms with Crippen molar-refractivity contribution in [3.63, 3.8) is 0 Å². The smallest absolute Gasteiger partial charge is 0.328 e. The number of aliphatic hydroxyl groups excluding tert-OH is 1. The van der Waals surface area contributed by atoms with Gasteiger partial charge in [-0.3, -0.25) is 71.9 Å². The van der Waals surface area contributed by atoms with Gasteiger partial charge in [-0.15, -0.1) is 0 Å². The van der Waals surface area contributed by atoms with E-state index in [1.807, 2.05) is 0 Å². The largest absolute Gasteiger partial charge is 0.481 e. The highest BCUT2D eigenvalue weighted by molar-refractivity contribution is 8.76. The SMILES string of the molecule is CNCC[C@@H]1NC(=O)[C@H](Cc2c[nH]c3ccccc23)NC(=O)[C@H](C)NC(=O)[C@@H](NC(=O)[C@H](CC(=O)O)NC(C)=O)CSSC[C@@H](C(=O)N[C@H](C(=O)O)[C@@H](C)O)NC(=O)[C@H](Cc2c[nH]c3ccccc23)NC(=O)[C@H](C(C)C)NC(=O)[C@H](CC(C)C)NC(=O)[C@H](CCC(=O)O)NC(=O)CNC(=O)[C@H](CC(C)C)NC1=O. The average molecular weight is 1550 g/mol. The van der Waals surface area contributed by atoms with Gasteiger partial charge in [0, 0.05) is 71.9 Å². The molecule has 5 rings (SSSR count). The van der Waals surface area contributed by atoms with Crippen LogP contribution in [0, 0.1) is 17.8 Å². The van der Waals surface area contributed by atoms with E-state index in [1.54, 1.807) is 110 Å². The molecule has 4 aromatic rings. The van der Waals surface area contributed by atoms with Crippen molar-refractivity contribution in [2.24, 2.45) is 17.8 Å². The van der Waals surface area contributed by atoms with Crippen LogP contribution in [-0.2, 0) is 89.6 Å². The number of carbonyl (C=O) groups is 16. The third kappa shape index (κ3) is 28.1. The number of hydrogen-bond donors (Lipinski definition) is 20. The van der Waals surface area contributed by atoms with Crippen molar-refractivity contribution in [3.05, 3.63) is 72.1 Å². The normalized spacial score (nSPS) is 23.1. The van der Waals surface area contributed by atoms with Gasteiger partial charge in [0.15, 0.2) is 6.04 Å². The Bertz CT molecular complexity index is 3870. The lowest BCUT2D eigenvalue weighted by molar-refractivity contribution is -0.145. The summed E-state index contributed by atoms with van der Waals surface area (Å²) in [6, 6.07) is -5.66. The molecular formula is C70H100N16O20S2. The number of rotatable bonds is 24. The maximum Gasteiger partial charge on any atom is 0.328 e. The minimum atomic E-state index is -1.97. The molecule has 1 aliphatic heterocycles. The van der Waals surface area contributed by atoms with Gasteiger partial charge < -0.3 is 105 Å². The Labute approximate surface area is 630 Å². The number of H-pyrrole nitrogens is 2. The summed E-state index contributed by atoms with van der Waals surface area (Å²) < 4.78 is 0. The molecule has 2 aromatic heterocycles. The summed E-state index contributed by atoms with van der Waals surface area (Å²) in [4.78, 5) is 228. The summed E-state index contributed by atoms with van der Waals surface area (Å²) in [5.41, 5.74) is 2.21. The Morgan fingerprint density at radius 3 is 1.55 bits per heavy atom. The molecule has 592 valence electrons. The van der Waals surface area contributed by atoms with Gasteiger partial charge in [-0.2, -0.15) is 0 Å². The number of para-hydroxylation sites is 2. The fourth-order valence-electron chi connectivity index (χ4n) is 11.5. The molecule has 36 nitrogen and oxygen atoms in total. The van der Waals surface area contributed by atoms with Gasteiger partial charge in [-0.25, -0.2) is 4.79 Å². The summed E-state index contributed by atoms with van der Waals surface area (Å²) in [5, 5.41) is 76.8. The van der Waals surface area contributed by atoms with Crippen LogP contribution in [0.15, 0.2) is 60.9 Å². The van der Waals surface area contributed by atoms with Gasteiger partial charge in [0.05, 0.1) is 19.1 Å². The molecule has 1 aliphatic rings. The van der Waals surface area contributed by atoms with Crippen molar-refractivity contribution in [2.45, 2.75) is 192 Å². The molecule has 13 amide bonds. The molecule has 1 saturated heterocycles. The average Bonchev–Trinajstić information content (AvgIpc) is 1.65. The van der Waals surface area contributed by atoms with Crippen molar-refractivity contribution >= 4 is 138 Å². The molecule has 0 aliphatic carbocycles. The third-order valence-electron chi connectivity index (χ3n) is 17.1. The quantitative estimate of drug-likeness (QED) is 0.0336. The van der Waals surface area contributed by atoms with Crippen LogP contribution in [0.2, 0.25) is 0 Å². The first-order valence-corrected chi connectivity index (χ1v) is 37.7. The standard InChI is InChI=1S/C70H100N16O20S2/c1-33(2)23-47-60(95)74-30-54(89)77-45(19-20-55(90)91)61(96)81-48(24-34(3)4)66(101)85-57(35(5)6)69(104)82-50(26-40-29-73-44-18-14-12-16-42(40)44)64(99)84-53(68(103)86-58(37(8)87)70(105)106)32-108-107-31-52(83-65(100)51(27-56(92)93)76-38(9)88)67(102)75-36(7)59(94)79-49(25-39-28-72-43-17-13-11-15-41(39)43)63(98)78-46(21-22-71-10)62(97)80-47/h11-18,28-29,33-37,45-53,57-58,71-73,87H,19-27,30-32H2,1-10H3,(H,74,95)(H,75,102)(H,76,88)(H,77,89)(H,78,98)(H,79,94)(H,80,97)(H,81,96)(H,82,104)(H,83,100)(H,84,99)(H,85,101)(H,86,103)(H,90,91)(H,92,93)(H,105,106)/t36-,37+,45-,46-,47-,48-,49-,50-,51-,52-,53-,57-,58-/m0/s1. The van der Waals surface area contributed by atoms with Crippen LogP contribution in [0.1, 0.15) is 112 Å². The van der Waals surface area contributed by atoms with E-state index in [9.17, 15) is 92.3 Å². The maximum atomic E-state index is 15.0. The lowest BCUT2D eigenvalue weighted by atomic mass is 9.98. The van der Waals surface area contributed by atoms with E-state index in [4.69, 9.17) is 0 Å². The summed E-state index contributed by atoms with van der Waals surface area (Å²) in [5.74, 6) is -20.1. The number of aromatic nitrogens is 2. The van der Waals surface area contributed by atoms with Crippen LogP contribution in [0.5, 0.6) is 0 Å². The molecular weight excluding hydrogens is 1450 g/mol. The highest BCUT2D eigenvalue weighted by Crippen LogP contribution is 2.26.